The van der Waals surface area contributed by atoms with E-state index in [1.165, 1.54) is 0 Å². The van der Waals surface area contributed by atoms with Crippen LogP contribution in [0.3, 0.4) is 0 Å². The van der Waals surface area contributed by atoms with Gasteiger partial charge >= 0.3 is 0 Å². The van der Waals surface area contributed by atoms with E-state index in [0.717, 1.165) is 0 Å². The molecule has 2 heteroatoms. The summed E-state index contributed by atoms with van der Waals surface area (Å²) in [5.41, 5.74) is 0. The summed E-state index contributed by atoms with van der Waals surface area (Å²) in [4.78, 5) is 0. The Balaban J connectivity index is 3.27. The number of nitrogens with zero attached hydrogens (tertiary/aromatic N) is 1. The fourth-order valence-electron chi connectivity index (χ4n) is 0.129. The third-order valence-electron chi connectivity index (χ3n) is 0.331. The third kappa shape index (κ3) is 6.01. The minimum Gasteiger partial charge on any atom is -0.231 e. The molecule has 0 unspecified atom stereocenters. The van der Waals surface area contributed by atoms with Crippen LogP contribution in [-0.4, -0.2) is 0 Å². The summed E-state index contributed by atoms with van der Waals surface area (Å²) in [7, 11) is 0. The largest absolute Gasteiger partial charge is 0.231 e. The molecule has 0 rings (SSSR count). The van der Waals surface area contributed by atoms with E-state index in [9.17, 15) is 0 Å². The molecule has 0 aliphatic rings. The van der Waals surface area contributed by atoms with Gasteiger partial charge in [0.1, 0.15) is 0 Å². The second-order valence-corrected chi connectivity index (χ2v) is 2.83. The molecule has 0 atom stereocenters. The molecule has 0 spiro atoms. The van der Waals surface area contributed by atoms with E-state index < -0.39 is 0 Å². The number of halogens is 1. The van der Waals surface area contributed by atoms with E-state index in [1.807, 2.05) is 23.3 Å². The van der Waals surface area contributed by atoms with Crippen LogP contribution in [0, 0.1) is 0 Å². The zero-order valence-corrected chi connectivity index (χ0v) is 6.42. The van der Waals surface area contributed by atoms with Crippen molar-refractivity contribution in [1.29, 1.82) is 0 Å². The van der Waals surface area contributed by atoms with Gasteiger partial charge < -0.3 is 0 Å². The Morgan fingerprint density at radius 2 is 2.43 bits per heavy atom. The first kappa shape index (κ1) is 7.01. The van der Waals surface area contributed by atoms with Crippen molar-refractivity contribution < 1.29 is 0 Å². The SMILES string of the molecule is C=CI=N/C=C\C. The second-order valence-electron chi connectivity index (χ2n) is 0.832. The summed E-state index contributed by atoms with van der Waals surface area (Å²) in [6.45, 7) is 5.51. The highest BCUT2D eigenvalue weighted by atomic mass is 127. The topological polar surface area (TPSA) is 12.4 Å². The maximum Gasteiger partial charge on any atom is 0.0286 e. The van der Waals surface area contributed by atoms with Crippen molar-refractivity contribution in [2.24, 2.45) is 3.15 Å². The molecule has 0 aromatic rings. The zero-order valence-electron chi connectivity index (χ0n) is 4.26. The molecular formula is C5H8IN. The first-order valence-corrected chi connectivity index (χ1v) is 4.17. The predicted octanol–water partition coefficient (Wildman–Crippen LogP) is 2.82. The fraction of sp³-hybridized carbons (Fsp3) is 0.200. The van der Waals surface area contributed by atoms with Crippen LogP contribution in [0.5, 0.6) is 0 Å². The van der Waals surface area contributed by atoms with Gasteiger partial charge in [0.25, 0.3) is 0 Å². The quantitative estimate of drug-likeness (QED) is 0.620. The number of allylic oxidation sites excluding steroid dienone is 1. The van der Waals surface area contributed by atoms with Gasteiger partial charge in [0, 0.05) is 27.2 Å². The van der Waals surface area contributed by atoms with Gasteiger partial charge in [0.15, 0.2) is 0 Å². The molecule has 0 fully saturated rings. The maximum absolute atomic E-state index is 4.02. The van der Waals surface area contributed by atoms with Gasteiger partial charge in [0.05, 0.1) is 0 Å². The molecule has 0 aromatic carbocycles. The third-order valence-corrected chi connectivity index (χ3v) is 1.37. The van der Waals surface area contributed by atoms with Gasteiger partial charge in [-0.05, 0) is 11.0 Å². The van der Waals surface area contributed by atoms with Gasteiger partial charge in [0.2, 0.25) is 0 Å². The Labute approximate surface area is 54.3 Å². The van der Waals surface area contributed by atoms with Crippen molar-refractivity contribution in [1.82, 2.24) is 0 Å². The highest BCUT2D eigenvalue weighted by Crippen LogP contribution is 1.98. The maximum atomic E-state index is 4.02. The van der Waals surface area contributed by atoms with Crippen molar-refractivity contribution >= 4 is 21.0 Å². The van der Waals surface area contributed by atoms with E-state index in [2.05, 4.69) is 9.72 Å². The molecular weight excluding hydrogens is 201 g/mol. The molecule has 7 heavy (non-hydrogen) atoms. The molecule has 0 heterocycles. The van der Waals surface area contributed by atoms with Crippen molar-refractivity contribution in [3.8, 4) is 0 Å². The Hall–Kier alpha value is 0.01000. The number of rotatable bonds is 2. The normalized spacial score (nSPS) is 12.1. The molecule has 1 nitrogen and oxygen atoms in total. The van der Waals surface area contributed by atoms with Crippen LogP contribution < -0.4 is 0 Å². The van der Waals surface area contributed by atoms with Crippen molar-refractivity contribution in [2.45, 2.75) is 6.92 Å². The van der Waals surface area contributed by atoms with E-state index in [4.69, 9.17) is 0 Å². The molecule has 40 valence electrons. The van der Waals surface area contributed by atoms with Crippen LogP contribution in [0.2, 0.25) is 0 Å². The minimum atomic E-state index is -0.0763. The molecule has 0 saturated heterocycles. The van der Waals surface area contributed by atoms with Crippen LogP contribution in [-0.2, 0) is 0 Å². The summed E-state index contributed by atoms with van der Waals surface area (Å²) >= 11 is -0.0763. The smallest absolute Gasteiger partial charge is 0.0286 e. The first-order chi connectivity index (χ1) is 3.41. The standard InChI is InChI=1S/C5H8IN/c1-3-5-7-6-4-2/h3-5H,2H2,1H3/b5-3-. The number of hydrogen-bond acceptors (Lipinski definition) is 1. The molecule has 0 amide bonds. The molecule has 0 bridgehead atoms. The van der Waals surface area contributed by atoms with Crippen LogP contribution in [0.4, 0.5) is 0 Å². The van der Waals surface area contributed by atoms with E-state index in [0.29, 0.717) is 0 Å². The molecule has 0 aromatic heterocycles. The average Bonchev–Trinajstić information content (AvgIpc) is 1.69. The van der Waals surface area contributed by atoms with Gasteiger partial charge in [-0.2, -0.15) is 0 Å². The lowest BCUT2D eigenvalue weighted by molar-refractivity contribution is 1.60. The van der Waals surface area contributed by atoms with Crippen molar-refractivity contribution in [3.05, 3.63) is 22.9 Å². The molecule has 0 radical (unpaired) electrons. The summed E-state index contributed by atoms with van der Waals surface area (Å²) in [6, 6.07) is 0. The second kappa shape index (κ2) is 6.01. The lowest BCUT2D eigenvalue weighted by Gasteiger charge is -1.65. The van der Waals surface area contributed by atoms with Gasteiger partial charge in [-0.15, -0.1) is 0 Å². The van der Waals surface area contributed by atoms with Crippen LogP contribution in [0.25, 0.3) is 0 Å². The summed E-state index contributed by atoms with van der Waals surface area (Å²) in [5, 5.41) is 0. The van der Waals surface area contributed by atoms with Gasteiger partial charge in [-0.3, -0.25) is 0 Å². The lowest BCUT2D eigenvalue weighted by atomic mass is 10.7. The Kier molecular flexibility index (Phi) is 6.02. The van der Waals surface area contributed by atoms with Crippen LogP contribution in [0.15, 0.2) is 26.1 Å². The molecule has 0 saturated carbocycles. The zero-order chi connectivity index (χ0) is 5.54. The lowest BCUT2D eigenvalue weighted by Crippen LogP contribution is -1.33. The number of hydrogen-bond donors (Lipinski definition) is 0. The van der Waals surface area contributed by atoms with Gasteiger partial charge in [-0.25, -0.2) is 3.15 Å². The molecule has 0 aliphatic carbocycles. The minimum absolute atomic E-state index is 0.0763. The summed E-state index contributed by atoms with van der Waals surface area (Å²) in [5.74, 6) is 0. The average molecular weight is 209 g/mol. The molecule has 0 N–H and O–H groups in total. The van der Waals surface area contributed by atoms with Crippen molar-refractivity contribution in [3.63, 3.8) is 0 Å². The first-order valence-electron chi connectivity index (χ1n) is 1.96. The Morgan fingerprint density at radius 3 is 2.86 bits per heavy atom. The predicted molar refractivity (Wildman–Crippen MR) is 41.5 cm³/mol. The highest BCUT2D eigenvalue weighted by molar-refractivity contribution is 14.2. The fourth-order valence-corrected chi connectivity index (χ4v) is 0.863. The van der Waals surface area contributed by atoms with Gasteiger partial charge in [-0.1, -0.05) is 12.7 Å². The van der Waals surface area contributed by atoms with E-state index in [1.54, 1.807) is 0 Å². The Morgan fingerprint density at radius 1 is 1.71 bits per heavy atom. The van der Waals surface area contributed by atoms with Crippen LogP contribution >= 0.6 is 21.0 Å². The van der Waals surface area contributed by atoms with E-state index in [-0.39, 0.29) is 21.0 Å². The van der Waals surface area contributed by atoms with E-state index >= 15 is 0 Å². The summed E-state index contributed by atoms with van der Waals surface area (Å²) in [6.07, 6.45) is 3.73. The summed E-state index contributed by atoms with van der Waals surface area (Å²) < 4.78 is 5.89. The Bertz CT molecular complexity index is 94.3. The van der Waals surface area contributed by atoms with Crippen LogP contribution in [0.1, 0.15) is 6.92 Å². The highest BCUT2D eigenvalue weighted by Gasteiger charge is 1.53. The molecule has 0 aliphatic heterocycles. The monoisotopic (exact) mass is 209 g/mol. The van der Waals surface area contributed by atoms with Crippen molar-refractivity contribution in [2.75, 3.05) is 0 Å².